The van der Waals surface area contributed by atoms with Crippen molar-refractivity contribution in [2.24, 2.45) is 11.3 Å². The molecule has 2 atom stereocenters. The van der Waals surface area contributed by atoms with Crippen molar-refractivity contribution in [1.29, 1.82) is 0 Å². The molecule has 0 spiro atoms. The average Bonchev–Trinajstić information content (AvgIpc) is 2.73. The van der Waals surface area contributed by atoms with E-state index in [1.54, 1.807) is 0 Å². The number of carbonyl (C=O) groups is 2. The van der Waals surface area contributed by atoms with E-state index in [0.29, 0.717) is 19.6 Å². The lowest BCUT2D eigenvalue weighted by Gasteiger charge is -2.48. The monoisotopic (exact) mass is 241 g/mol. The van der Waals surface area contributed by atoms with Crippen molar-refractivity contribution in [3.63, 3.8) is 0 Å². The van der Waals surface area contributed by atoms with Gasteiger partial charge >= 0.3 is 6.09 Å². The van der Waals surface area contributed by atoms with Gasteiger partial charge in [-0.1, -0.05) is 6.92 Å². The summed E-state index contributed by atoms with van der Waals surface area (Å²) in [6.45, 7) is 2.83. The second-order valence-electron chi connectivity index (χ2n) is 4.97. The quantitative estimate of drug-likeness (QED) is 0.802. The van der Waals surface area contributed by atoms with Gasteiger partial charge in [0.2, 0.25) is 5.91 Å². The number of amides is 2. The van der Waals surface area contributed by atoms with E-state index in [4.69, 9.17) is 4.74 Å². The Morgan fingerprint density at radius 2 is 2.41 bits per heavy atom. The van der Waals surface area contributed by atoms with E-state index in [-0.39, 0.29) is 23.8 Å². The summed E-state index contributed by atoms with van der Waals surface area (Å²) in [4.78, 5) is 24.3. The van der Waals surface area contributed by atoms with E-state index in [1.807, 2.05) is 6.92 Å². The molecule has 17 heavy (non-hydrogen) atoms. The van der Waals surface area contributed by atoms with Crippen molar-refractivity contribution in [1.82, 2.24) is 4.90 Å². The number of ether oxygens (including phenoxy) is 1. The van der Waals surface area contributed by atoms with E-state index >= 15 is 0 Å². The predicted molar refractivity (Wildman–Crippen MR) is 60.2 cm³/mol. The van der Waals surface area contributed by atoms with Crippen LogP contribution in [0.15, 0.2) is 0 Å². The highest BCUT2D eigenvalue weighted by atomic mass is 16.6. The van der Waals surface area contributed by atoms with Gasteiger partial charge in [-0.15, -0.1) is 0 Å². The highest BCUT2D eigenvalue weighted by Gasteiger charge is 2.46. The van der Waals surface area contributed by atoms with Crippen molar-refractivity contribution >= 4 is 12.0 Å². The van der Waals surface area contributed by atoms with Crippen LogP contribution in [0.25, 0.3) is 0 Å². The molecule has 1 heterocycles. The zero-order valence-corrected chi connectivity index (χ0v) is 10.1. The summed E-state index contributed by atoms with van der Waals surface area (Å²) in [5.41, 5.74) is -0.0979. The molecule has 0 aromatic carbocycles. The predicted octanol–water partition coefficient (Wildman–Crippen LogP) is 1.15. The summed E-state index contributed by atoms with van der Waals surface area (Å²) in [6, 6.07) is 0. The molecule has 1 N–H and O–H groups in total. The summed E-state index contributed by atoms with van der Waals surface area (Å²) in [7, 11) is 0. The Morgan fingerprint density at radius 3 is 2.82 bits per heavy atom. The molecule has 1 aliphatic carbocycles. The molecule has 0 radical (unpaired) electrons. The first-order chi connectivity index (χ1) is 8.13. The van der Waals surface area contributed by atoms with Crippen molar-refractivity contribution < 1.29 is 19.4 Å². The van der Waals surface area contributed by atoms with Gasteiger partial charge in [0, 0.05) is 13.0 Å². The first-order valence-electron chi connectivity index (χ1n) is 6.21. The number of rotatable bonds is 4. The number of hydrogen-bond acceptors (Lipinski definition) is 4. The molecule has 0 aromatic heterocycles. The average molecular weight is 241 g/mol. The summed E-state index contributed by atoms with van der Waals surface area (Å²) in [5.74, 6) is 0.0434. The highest BCUT2D eigenvalue weighted by Crippen LogP contribution is 2.50. The lowest BCUT2D eigenvalue weighted by molar-refractivity contribution is -0.133. The first kappa shape index (κ1) is 12.4. The molecule has 2 rings (SSSR count). The van der Waals surface area contributed by atoms with Gasteiger partial charge in [-0.3, -0.25) is 4.79 Å². The summed E-state index contributed by atoms with van der Waals surface area (Å²) in [6.07, 6.45) is 2.64. The van der Waals surface area contributed by atoms with Gasteiger partial charge in [-0.05, 0) is 30.6 Å². The smallest absolute Gasteiger partial charge is 0.416 e. The first-order valence-corrected chi connectivity index (χ1v) is 6.21. The summed E-state index contributed by atoms with van der Waals surface area (Å²) >= 11 is 0. The van der Waals surface area contributed by atoms with Gasteiger partial charge in [0.25, 0.3) is 0 Å². The third-order valence-electron chi connectivity index (χ3n) is 4.36. The Kier molecular flexibility index (Phi) is 3.38. The Bertz CT molecular complexity index is 319. The van der Waals surface area contributed by atoms with Crippen molar-refractivity contribution in [3.8, 4) is 0 Å². The molecule has 2 fully saturated rings. The highest BCUT2D eigenvalue weighted by molar-refractivity contribution is 5.93. The van der Waals surface area contributed by atoms with Crippen LogP contribution in [0.5, 0.6) is 0 Å². The van der Waals surface area contributed by atoms with Crippen molar-refractivity contribution in [2.45, 2.75) is 32.6 Å². The minimum atomic E-state index is -0.527. The number of imide groups is 1. The molecule has 5 nitrogen and oxygen atoms in total. The zero-order valence-electron chi connectivity index (χ0n) is 10.1. The van der Waals surface area contributed by atoms with Crippen LogP contribution in [0.3, 0.4) is 0 Å². The normalized spacial score (nSPS) is 32.2. The van der Waals surface area contributed by atoms with Gasteiger partial charge in [-0.25, -0.2) is 9.69 Å². The molecule has 0 aromatic rings. The minimum absolute atomic E-state index is 0.0979. The van der Waals surface area contributed by atoms with Crippen LogP contribution in [0.2, 0.25) is 0 Å². The maximum atomic E-state index is 11.9. The van der Waals surface area contributed by atoms with E-state index in [0.717, 1.165) is 19.3 Å². The topological polar surface area (TPSA) is 66.8 Å². The van der Waals surface area contributed by atoms with Gasteiger partial charge in [0.05, 0.1) is 6.54 Å². The number of cyclic esters (lactones) is 1. The van der Waals surface area contributed by atoms with Gasteiger partial charge < -0.3 is 9.84 Å². The Balaban J connectivity index is 1.93. The van der Waals surface area contributed by atoms with E-state index in [1.165, 1.54) is 4.90 Å². The molecule has 96 valence electrons. The van der Waals surface area contributed by atoms with Crippen LogP contribution in [-0.4, -0.2) is 41.8 Å². The second-order valence-corrected chi connectivity index (χ2v) is 4.97. The summed E-state index contributed by atoms with van der Waals surface area (Å²) in [5, 5.41) is 9.42. The van der Waals surface area contributed by atoms with Crippen LogP contribution >= 0.6 is 0 Å². The lowest BCUT2D eigenvalue weighted by atomic mass is 9.58. The van der Waals surface area contributed by atoms with E-state index in [9.17, 15) is 14.7 Å². The summed E-state index contributed by atoms with van der Waals surface area (Å²) < 4.78 is 4.74. The minimum Gasteiger partial charge on any atom is -0.447 e. The van der Waals surface area contributed by atoms with Crippen LogP contribution in [0, 0.1) is 11.3 Å². The SMILES string of the molecule is CC[C@]1(CO)CC[C@H]1CC(=O)N1CCOC1=O. The van der Waals surface area contributed by atoms with Crippen LogP contribution in [-0.2, 0) is 9.53 Å². The van der Waals surface area contributed by atoms with Crippen molar-refractivity contribution in [2.75, 3.05) is 19.8 Å². The van der Waals surface area contributed by atoms with Gasteiger partial charge in [-0.2, -0.15) is 0 Å². The maximum absolute atomic E-state index is 11.9. The fraction of sp³-hybridized carbons (Fsp3) is 0.833. The number of carbonyl (C=O) groups excluding carboxylic acids is 2. The number of aliphatic hydroxyl groups excluding tert-OH is 1. The number of nitrogens with zero attached hydrogens (tertiary/aromatic N) is 1. The molecule has 1 saturated heterocycles. The standard InChI is InChI=1S/C12H19NO4/c1-2-12(8-14)4-3-9(12)7-10(15)13-5-6-17-11(13)16/h9,14H,2-8H2,1H3/t9-,12+/m0/s1. The number of aliphatic hydroxyl groups is 1. The maximum Gasteiger partial charge on any atom is 0.416 e. The van der Waals surface area contributed by atoms with Crippen LogP contribution < -0.4 is 0 Å². The molecule has 1 aliphatic heterocycles. The molecule has 0 bridgehead atoms. The molecular formula is C12H19NO4. The molecular weight excluding hydrogens is 222 g/mol. The number of hydrogen-bond donors (Lipinski definition) is 1. The fourth-order valence-corrected chi connectivity index (χ4v) is 2.80. The molecule has 1 saturated carbocycles. The van der Waals surface area contributed by atoms with E-state index < -0.39 is 6.09 Å². The van der Waals surface area contributed by atoms with Gasteiger partial charge in [0.15, 0.2) is 0 Å². The largest absolute Gasteiger partial charge is 0.447 e. The van der Waals surface area contributed by atoms with Crippen LogP contribution in [0.4, 0.5) is 4.79 Å². The Morgan fingerprint density at radius 1 is 1.65 bits per heavy atom. The molecule has 0 unspecified atom stereocenters. The van der Waals surface area contributed by atoms with Gasteiger partial charge in [0.1, 0.15) is 6.61 Å². The Labute approximate surface area is 101 Å². The zero-order chi connectivity index (χ0) is 12.5. The molecule has 2 amide bonds. The third kappa shape index (κ3) is 2.04. The second kappa shape index (κ2) is 4.64. The Hall–Kier alpha value is -1.10. The fourth-order valence-electron chi connectivity index (χ4n) is 2.80. The van der Waals surface area contributed by atoms with Crippen molar-refractivity contribution in [3.05, 3.63) is 0 Å². The van der Waals surface area contributed by atoms with E-state index in [2.05, 4.69) is 0 Å². The molecule has 5 heteroatoms. The van der Waals surface area contributed by atoms with Crippen LogP contribution in [0.1, 0.15) is 32.6 Å². The third-order valence-corrected chi connectivity index (χ3v) is 4.36. The molecule has 2 aliphatic rings. The lowest BCUT2D eigenvalue weighted by Crippen LogP contribution is -2.46.